The van der Waals surface area contributed by atoms with Crippen molar-refractivity contribution in [2.75, 3.05) is 26.4 Å². The maximum atomic E-state index is 11.6. The number of alkyl halides is 1. The summed E-state index contributed by atoms with van der Waals surface area (Å²) >= 11 is 6.41. The Balaban J connectivity index is 2.88. The van der Waals surface area contributed by atoms with E-state index in [-0.39, 0.29) is 6.10 Å². The van der Waals surface area contributed by atoms with Crippen LogP contribution in [0.5, 0.6) is 0 Å². The Morgan fingerprint density at radius 3 is 2.00 bits per heavy atom. The largest absolute Gasteiger partial charge is 0.456 e. The highest BCUT2D eigenvalue weighted by Crippen LogP contribution is 2.31. The zero-order chi connectivity index (χ0) is 20.1. The van der Waals surface area contributed by atoms with E-state index < -0.39 is 29.8 Å². The Labute approximate surface area is 169 Å². The number of halogens is 1. The molecule has 2 unspecified atom stereocenters. The van der Waals surface area contributed by atoms with Crippen LogP contribution in [0.4, 0.5) is 0 Å². The number of hydrogen-bond donors (Lipinski definition) is 0. The first kappa shape index (κ1) is 24.6. The van der Waals surface area contributed by atoms with Crippen LogP contribution in [-0.4, -0.2) is 62.4 Å². The van der Waals surface area contributed by atoms with Crippen molar-refractivity contribution < 1.29 is 28.5 Å². The third-order valence-corrected chi connectivity index (χ3v) is 4.77. The molecular formula is C20H37ClO6. The van der Waals surface area contributed by atoms with Gasteiger partial charge in [0.1, 0.15) is 18.3 Å². The summed E-state index contributed by atoms with van der Waals surface area (Å²) in [5.41, 5.74) is -0.800. The van der Waals surface area contributed by atoms with Crippen molar-refractivity contribution in [1.29, 1.82) is 0 Å². The van der Waals surface area contributed by atoms with Gasteiger partial charge in [0.2, 0.25) is 0 Å². The predicted octanol–water partition coefficient (Wildman–Crippen LogP) is 4.07. The van der Waals surface area contributed by atoms with E-state index in [1.807, 2.05) is 0 Å². The molecule has 0 bridgehead atoms. The van der Waals surface area contributed by atoms with Crippen LogP contribution in [0.25, 0.3) is 0 Å². The van der Waals surface area contributed by atoms with Crippen molar-refractivity contribution in [1.82, 2.24) is 0 Å². The third-order valence-electron chi connectivity index (χ3n) is 4.42. The first-order valence-electron chi connectivity index (χ1n) is 10.3. The minimum absolute atomic E-state index is 0.361. The van der Waals surface area contributed by atoms with Crippen LogP contribution < -0.4 is 0 Å². The minimum atomic E-state index is -0.800. The highest BCUT2D eigenvalue weighted by atomic mass is 35.5. The second-order valence-electron chi connectivity index (χ2n) is 6.91. The number of esters is 1. The van der Waals surface area contributed by atoms with E-state index in [4.69, 9.17) is 35.3 Å². The maximum absolute atomic E-state index is 11.6. The predicted molar refractivity (Wildman–Crippen MR) is 105 cm³/mol. The number of rotatable bonds is 14. The summed E-state index contributed by atoms with van der Waals surface area (Å²) in [6.07, 6.45) is 4.00. The molecule has 0 radical (unpaired) electrons. The lowest BCUT2D eigenvalue weighted by atomic mass is 9.99. The summed E-state index contributed by atoms with van der Waals surface area (Å²) in [7, 11) is 0. The van der Waals surface area contributed by atoms with Gasteiger partial charge in [-0.25, -0.2) is 0 Å². The molecule has 7 heteroatoms. The van der Waals surface area contributed by atoms with E-state index in [9.17, 15) is 4.79 Å². The molecule has 0 aromatic carbocycles. The zero-order valence-corrected chi connectivity index (χ0v) is 18.0. The lowest BCUT2D eigenvalue weighted by molar-refractivity contribution is -0.245. The van der Waals surface area contributed by atoms with Crippen LogP contribution in [0.3, 0.4) is 0 Å². The number of carbonyl (C=O) groups is 1. The van der Waals surface area contributed by atoms with Crippen molar-refractivity contribution in [3.63, 3.8) is 0 Å². The third kappa shape index (κ3) is 9.09. The van der Waals surface area contributed by atoms with Crippen LogP contribution in [0.2, 0.25) is 0 Å². The van der Waals surface area contributed by atoms with Gasteiger partial charge < -0.3 is 23.7 Å². The molecule has 1 saturated heterocycles. The Morgan fingerprint density at radius 2 is 1.44 bits per heavy atom. The topological polar surface area (TPSA) is 63.2 Å². The molecule has 5 atom stereocenters. The number of unbranched alkanes of at least 4 members (excludes halogenated alkanes) is 3. The fourth-order valence-corrected chi connectivity index (χ4v) is 3.21. The molecule has 0 aromatic heterocycles. The van der Waals surface area contributed by atoms with Gasteiger partial charge in [0.25, 0.3) is 0 Å². The van der Waals surface area contributed by atoms with Crippen molar-refractivity contribution in [3.05, 3.63) is 0 Å². The zero-order valence-electron chi connectivity index (χ0n) is 17.3. The van der Waals surface area contributed by atoms with E-state index in [1.165, 1.54) is 6.92 Å². The average Bonchev–Trinajstić information content (AvgIpc) is 2.63. The molecule has 6 nitrogen and oxygen atoms in total. The molecule has 0 spiro atoms. The Hall–Kier alpha value is -0.400. The van der Waals surface area contributed by atoms with Gasteiger partial charge in [-0.1, -0.05) is 51.6 Å². The normalized spacial score (nSPS) is 28.3. The maximum Gasteiger partial charge on any atom is 0.303 e. The molecular weight excluding hydrogens is 372 g/mol. The van der Waals surface area contributed by atoms with Crippen LogP contribution in [0, 0.1) is 0 Å². The number of hydrogen-bond acceptors (Lipinski definition) is 6. The van der Waals surface area contributed by atoms with Crippen LogP contribution in [0.1, 0.15) is 66.2 Å². The van der Waals surface area contributed by atoms with E-state index >= 15 is 0 Å². The van der Waals surface area contributed by atoms with Crippen molar-refractivity contribution in [2.45, 2.75) is 96.2 Å². The summed E-state index contributed by atoms with van der Waals surface area (Å²) in [6.45, 7) is 9.87. The Kier molecular flexibility index (Phi) is 13.3. The second kappa shape index (κ2) is 14.6. The molecule has 27 heavy (non-hydrogen) atoms. The average molecular weight is 409 g/mol. The quantitative estimate of drug-likeness (QED) is 0.245. The fraction of sp³-hybridized carbons (Fsp3) is 0.950. The number of ether oxygens (including phenoxy) is 5. The SMILES string of the molecule is CCCCOCC1O[C@H](Cl)[C@H](OC(C)=O)C(OCCCC)[C@@H]1OCCCC. The molecule has 1 aliphatic heterocycles. The van der Waals surface area contributed by atoms with Crippen LogP contribution in [0.15, 0.2) is 0 Å². The lowest BCUT2D eigenvalue weighted by Crippen LogP contribution is -2.60. The van der Waals surface area contributed by atoms with Crippen molar-refractivity contribution >= 4 is 17.6 Å². The first-order valence-corrected chi connectivity index (χ1v) is 10.8. The highest BCUT2D eigenvalue weighted by molar-refractivity contribution is 6.20. The van der Waals surface area contributed by atoms with E-state index in [0.29, 0.717) is 26.4 Å². The smallest absolute Gasteiger partial charge is 0.303 e. The molecule has 0 N–H and O–H groups in total. The highest BCUT2D eigenvalue weighted by Gasteiger charge is 2.48. The molecule has 0 aliphatic carbocycles. The van der Waals surface area contributed by atoms with Gasteiger partial charge in [-0.05, 0) is 19.3 Å². The van der Waals surface area contributed by atoms with Crippen LogP contribution in [-0.2, 0) is 28.5 Å². The molecule has 1 aliphatic rings. The monoisotopic (exact) mass is 408 g/mol. The van der Waals surface area contributed by atoms with Crippen LogP contribution >= 0.6 is 11.6 Å². The summed E-state index contributed by atoms with van der Waals surface area (Å²) < 4.78 is 29.3. The molecule has 0 amide bonds. The first-order chi connectivity index (χ1) is 13.0. The van der Waals surface area contributed by atoms with Crippen molar-refractivity contribution in [2.24, 2.45) is 0 Å². The molecule has 160 valence electrons. The van der Waals surface area contributed by atoms with E-state index in [0.717, 1.165) is 38.5 Å². The molecule has 0 saturated carbocycles. The van der Waals surface area contributed by atoms with Gasteiger partial charge in [-0.2, -0.15) is 0 Å². The fourth-order valence-electron chi connectivity index (χ4n) is 2.88. The van der Waals surface area contributed by atoms with Crippen molar-refractivity contribution in [3.8, 4) is 0 Å². The minimum Gasteiger partial charge on any atom is -0.456 e. The molecule has 1 rings (SSSR count). The second-order valence-corrected chi connectivity index (χ2v) is 7.34. The van der Waals surface area contributed by atoms with E-state index in [1.54, 1.807) is 0 Å². The summed E-state index contributed by atoms with van der Waals surface area (Å²) in [4.78, 5) is 11.6. The van der Waals surface area contributed by atoms with Gasteiger partial charge in [-0.3, -0.25) is 4.79 Å². The Morgan fingerprint density at radius 1 is 0.889 bits per heavy atom. The van der Waals surface area contributed by atoms with Gasteiger partial charge in [0.05, 0.1) is 6.61 Å². The summed E-state index contributed by atoms with van der Waals surface area (Å²) in [6, 6.07) is 0. The summed E-state index contributed by atoms with van der Waals surface area (Å²) in [5.74, 6) is -0.414. The Bertz CT molecular complexity index is 395. The molecule has 1 fully saturated rings. The van der Waals surface area contributed by atoms with Gasteiger partial charge in [0, 0.05) is 26.7 Å². The molecule has 0 aromatic rings. The van der Waals surface area contributed by atoms with E-state index in [2.05, 4.69) is 20.8 Å². The number of carbonyl (C=O) groups excluding carboxylic acids is 1. The summed E-state index contributed by atoms with van der Waals surface area (Å²) in [5, 5.41) is 0. The van der Waals surface area contributed by atoms with Gasteiger partial charge in [-0.15, -0.1) is 0 Å². The lowest BCUT2D eigenvalue weighted by Gasteiger charge is -2.43. The standard InChI is InChI=1S/C20H37ClO6/c1-5-8-11-23-14-16-17(24-12-9-6-2)18(25-13-10-7-3)19(20(21)27-16)26-15(4)22/h16-20H,5-14H2,1-4H3/t16?,17-,18?,19-,20+/m1/s1. The van der Waals surface area contributed by atoms with Gasteiger partial charge in [0.15, 0.2) is 11.7 Å². The van der Waals surface area contributed by atoms with Gasteiger partial charge >= 0.3 is 5.97 Å². The molecule has 1 heterocycles.